The van der Waals surface area contributed by atoms with Gasteiger partial charge in [-0.2, -0.15) is 0 Å². The van der Waals surface area contributed by atoms with Gasteiger partial charge in [-0.3, -0.25) is 9.59 Å². The Labute approximate surface area is 176 Å². The predicted molar refractivity (Wildman–Crippen MR) is 117 cm³/mol. The number of piperidine rings is 1. The first-order valence-corrected chi connectivity index (χ1v) is 9.85. The van der Waals surface area contributed by atoms with Crippen LogP contribution in [0.4, 0.5) is 5.69 Å². The van der Waals surface area contributed by atoms with Gasteiger partial charge < -0.3 is 15.2 Å². The second kappa shape index (κ2) is 10.6. The summed E-state index contributed by atoms with van der Waals surface area (Å²) in [6, 6.07) is 10.6. The van der Waals surface area contributed by atoms with Crippen LogP contribution in [-0.2, 0) is 11.3 Å². The maximum absolute atomic E-state index is 12.4. The summed E-state index contributed by atoms with van der Waals surface area (Å²) in [5.74, 6) is 0.849. The number of pyridine rings is 1. The molecule has 0 bridgehead atoms. The monoisotopic (exact) mass is 423 g/mol. The van der Waals surface area contributed by atoms with Crippen molar-refractivity contribution in [3.05, 3.63) is 63.5 Å². The van der Waals surface area contributed by atoms with E-state index in [0.29, 0.717) is 35.5 Å². The van der Waals surface area contributed by atoms with Gasteiger partial charge in [-0.1, -0.05) is 36.7 Å². The summed E-state index contributed by atoms with van der Waals surface area (Å²) in [6.07, 6.45) is 4.50. The van der Waals surface area contributed by atoms with Crippen LogP contribution in [0.1, 0.15) is 31.7 Å². The molecule has 1 aliphatic heterocycles. The van der Waals surface area contributed by atoms with E-state index in [1.54, 1.807) is 22.9 Å². The first-order chi connectivity index (χ1) is 13.0. The quantitative estimate of drug-likeness (QED) is 0.739. The number of rotatable bonds is 6. The molecule has 2 unspecified atom stereocenters. The molecule has 5 nitrogen and oxygen atoms in total. The lowest BCUT2D eigenvalue weighted by Gasteiger charge is -2.28. The molecule has 28 heavy (non-hydrogen) atoms. The van der Waals surface area contributed by atoms with Crippen molar-refractivity contribution in [3.63, 3.8) is 0 Å². The molecule has 1 amide bonds. The molecular weight excluding hydrogens is 397 g/mol. The third-order valence-corrected chi connectivity index (χ3v) is 5.58. The van der Waals surface area contributed by atoms with Crippen molar-refractivity contribution in [2.24, 2.45) is 11.8 Å². The molecule has 2 heterocycles. The molecule has 0 saturated carbocycles. The van der Waals surface area contributed by atoms with Crippen molar-refractivity contribution in [1.82, 2.24) is 9.88 Å². The van der Waals surface area contributed by atoms with E-state index in [0.717, 1.165) is 18.7 Å². The van der Waals surface area contributed by atoms with Gasteiger partial charge in [0.15, 0.2) is 0 Å². The van der Waals surface area contributed by atoms with E-state index >= 15 is 0 Å². The zero-order valence-electron chi connectivity index (χ0n) is 16.0. The number of nitrogens with zero attached hydrogens (tertiary/aromatic N) is 1. The highest BCUT2D eigenvalue weighted by Crippen LogP contribution is 2.23. The molecule has 1 fully saturated rings. The van der Waals surface area contributed by atoms with Gasteiger partial charge in [0.25, 0.3) is 5.56 Å². The average Bonchev–Trinajstić information content (AvgIpc) is 2.67. The van der Waals surface area contributed by atoms with Crippen LogP contribution in [0.3, 0.4) is 0 Å². The third-order valence-electron chi connectivity index (χ3n) is 5.21. The summed E-state index contributed by atoms with van der Waals surface area (Å²) < 4.78 is 1.56. The van der Waals surface area contributed by atoms with Crippen LogP contribution in [0.5, 0.6) is 0 Å². The highest BCUT2D eigenvalue weighted by atomic mass is 35.5. The van der Waals surface area contributed by atoms with Gasteiger partial charge in [0.05, 0.1) is 12.2 Å². The van der Waals surface area contributed by atoms with Crippen LogP contribution in [-0.4, -0.2) is 23.6 Å². The Kier molecular flexibility index (Phi) is 8.55. The second-order valence-corrected chi connectivity index (χ2v) is 7.72. The molecule has 2 aromatic rings. The standard InChI is InChI=1S/C21H26ClN3O2.ClH/c1-15(16-6-4-10-23-12-16)11-20(26)24-18-8-9-21(27)25(14-18)13-17-5-2-3-7-19(17)22;/h2-3,5,7-9,14-16,23H,4,6,10-13H2,1H3,(H,24,26);1H. The molecule has 0 aliphatic carbocycles. The summed E-state index contributed by atoms with van der Waals surface area (Å²) in [7, 11) is 0. The van der Waals surface area contributed by atoms with Gasteiger partial charge in [-0.15, -0.1) is 12.4 Å². The van der Waals surface area contributed by atoms with Crippen molar-refractivity contribution in [1.29, 1.82) is 0 Å². The van der Waals surface area contributed by atoms with Crippen molar-refractivity contribution in [2.75, 3.05) is 18.4 Å². The highest BCUT2D eigenvalue weighted by Gasteiger charge is 2.22. The Morgan fingerprint density at radius 1 is 1.32 bits per heavy atom. The lowest BCUT2D eigenvalue weighted by Crippen LogP contribution is -2.34. The predicted octanol–water partition coefficient (Wildman–Crippen LogP) is 3.94. The molecular formula is C21H27Cl2N3O2. The van der Waals surface area contributed by atoms with Gasteiger partial charge in [0.2, 0.25) is 5.91 Å². The van der Waals surface area contributed by atoms with Crippen molar-refractivity contribution < 1.29 is 4.79 Å². The lowest BCUT2D eigenvalue weighted by atomic mass is 9.85. The minimum atomic E-state index is -0.130. The molecule has 1 saturated heterocycles. The highest BCUT2D eigenvalue weighted by molar-refractivity contribution is 6.31. The number of nitrogens with one attached hydrogen (secondary N) is 2. The summed E-state index contributed by atoms with van der Waals surface area (Å²) in [5, 5.41) is 6.95. The Morgan fingerprint density at radius 3 is 2.82 bits per heavy atom. The molecule has 0 spiro atoms. The van der Waals surface area contributed by atoms with Crippen LogP contribution in [0.25, 0.3) is 0 Å². The van der Waals surface area contributed by atoms with Crippen LogP contribution in [0.2, 0.25) is 5.02 Å². The SMILES string of the molecule is CC(CC(=O)Nc1ccc(=O)n(Cc2ccccc2Cl)c1)C1CCCNC1.Cl. The Bertz CT molecular complexity index is 848. The minimum absolute atomic E-state index is 0. The van der Waals surface area contributed by atoms with Crippen LogP contribution >= 0.6 is 24.0 Å². The van der Waals surface area contributed by atoms with E-state index in [2.05, 4.69) is 17.6 Å². The number of benzene rings is 1. The minimum Gasteiger partial charge on any atom is -0.325 e. The van der Waals surface area contributed by atoms with Crippen molar-refractivity contribution in [2.45, 2.75) is 32.7 Å². The number of carbonyl (C=O) groups is 1. The normalized spacial score (nSPS) is 17.4. The topological polar surface area (TPSA) is 63.1 Å². The van der Waals surface area contributed by atoms with E-state index in [1.807, 2.05) is 18.2 Å². The second-order valence-electron chi connectivity index (χ2n) is 7.31. The van der Waals surface area contributed by atoms with Crippen molar-refractivity contribution >= 4 is 35.6 Å². The number of aromatic nitrogens is 1. The zero-order chi connectivity index (χ0) is 19.2. The van der Waals surface area contributed by atoms with Gasteiger partial charge in [-0.05, 0) is 55.5 Å². The molecule has 1 aromatic heterocycles. The summed E-state index contributed by atoms with van der Waals surface area (Å²) in [5.41, 5.74) is 1.36. The number of halogens is 2. The molecule has 152 valence electrons. The molecule has 2 N–H and O–H groups in total. The number of hydrogen-bond donors (Lipinski definition) is 2. The molecule has 0 radical (unpaired) electrons. The van der Waals surface area contributed by atoms with E-state index in [-0.39, 0.29) is 23.9 Å². The maximum atomic E-state index is 12.4. The fourth-order valence-electron chi connectivity index (χ4n) is 3.57. The number of amides is 1. The number of hydrogen-bond acceptors (Lipinski definition) is 3. The van der Waals surface area contributed by atoms with Gasteiger partial charge in [0, 0.05) is 23.7 Å². The summed E-state index contributed by atoms with van der Waals surface area (Å²) >= 11 is 6.19. The Balaban J connectivity index is 0.00000280. The van der Waals surface area contributed by atoms with Gasteiger partial charge in [0.1, 0.15) is 0 Å². The maximum Gasteiger partial charge on any atom is 0.250 e. The molecule has 3 rings (SSSR count). The summed E-state index contributed by atoms with van der Waals surface area (Å²) in [6.45, 7) is 4.56. The first-order valence-electron chi connectivity index (χ1n) is 9.47. The summed E-state index contributed by atoms with van der Waals surface area (Å²) in [4.78, 5) is 24.6. The van der Waals surface area contributed by atoms with E-state index in [4.69, 9.17) is 11.6 Å². The van der Waals surface area contributed by atoms with Crippen LogP contribution in [0.15, 0.2) is 47.4 Å². The van der Waals surface area contributed by atoms with E-state index in [9.17, 15) is 9.59 Å². The fraction of sp³-hybridized carbons (Fsp3) is 0.429. The first kappa shape index (κ1) is 22.5. The molecule has 1 aliphatic rings. The average molecular weight is 424 g/mol. The lowest BCUT2D eigenvalue weighted by molar-refractivity contribution is -0.117. The molecule has 7 heteroatoms. The van der Waals surface area contributed by atoms with Crippen LogP contribution < -0.4 is 16.2 Å². The Hall–Kier alpha value is -1.82. The third kappa shape index (κ3) is 6.09. The largest absolute Gasteiger partial charge is 0.325 e. The van der Waals surface area contributed by atoms with Crippen molar-refractivity contribution in [3.8, 4) is 0 Å². The van der Waals surface area contributed by atoms with E-state index < -0.39 is 0 Å². The number of carbonyl (C=O) groups excluding carboxylic acids is 1. The van der Waals surface area contributed by atoms with Gasteiger partial charge >= 0.3 is 0 Å². The zero-order valence-corrected chi connectivity index (χ0v) is 17.6. The molecule has 2 atom stereocenters. The molecule has 1 aromatic carbocycles. The Morgan fingerprint density at radius 2 is 2.11 bits per heavy atom. The number of anilines is 1. The smallest absolute Gasteiger partial charge is 0.250 e. The van der Waals surface area contributed by atoms with Crippen LogP contribution in [0, 0.1) is 11.8 Å². The van der Waals surface area contributed by atoms with E-state index in [1.165, 1.54) is 18.9 Å². The van der Waals surface area contributed by atoms with Gasteiger partial charge in [-0.25, -0.2) is 0 Å². The fourth-order valence-corrected chi connectivity index (χ4v) is 3.77.